The third-order valence-electron chi connectivity index (χ3n) is 3.85. The van der Waals surface area contributed by atoms with E-state index < -0.39 is 0 Å². The minimum atomic E-state index is 0.0869. The van der Waals surface area contributed by atoms with Gasteiger partial charge in [-0.25, -0.2) is 0 Å². The van der Waals surface area contributed by atoms with E-state index in [-0.39, 0.29) is 12.1 Å². The van der Waals surface area contributed by atoms with Crippen molar-refractivity contribution in [1.82, 2.24) is 5.32 Å². The lowest BCUT2D eigenvalue weighted by molar-refractivity contribution is 0.00850. The number of benzene rings is 1. The van der Waals surface area contributed by atoms with E-state index in [0.717, 1.165) is 42.7 Å². The third-order valence-corrected chi connectivity index (χ3v) is 3.85. The number of hydrogen-bond donors (Lipinski definition) is 1. The number of likely N-dealkylation sites (N-methyl/N-ethyl adjacent to an activating group) is 1. The molecule has 0 bridgehead atoms. The van der Waals surface area contributed by atoms with Crippen LogP contribution in [0, 0.1) is 0 Å². The van der Waals surface area contributed by atoms with Gasteiger partial charge in [0, 0.05) is 12.0 Å². The number of rotatable bonds is 7. The van der Waals surface area contributed by atoms with Gasteiger partial charge in [0.05, 0.1) is 25.4 Å². The Labute approximate surface area is 125 Å². The molecule has 1 aromatic heterocycles. The Morgan fingerprint density at radius 1 is 1.38 bits per heavy atom. The van der Waals surface area contributed by atoms with Gasteiger partial charge in [-0.2, -0.15) is 0 Å². The second-order valence-electron chi connectivity index (χ2n) is 5.47. The molecule has 0 saturated carbocycles. The van der Waals surface area contributed by atoms with Crippen molar-refractivity contribution < 1.29 is 13.9 Å². The van der Waals surface area contributed by atoms with Crippen LogP contribution in [0.3, 0.4) is 0 Å². The van der Waals surface area contributed by atoms with Crippen molar-refractivity contribution in [3.05, 3.63) is 36.1 Å². The van der Waals surface area contributed by atoms with Gasteiger partial charge in [-0.3, -0.25) is 0 Å². The molecule has 2 atom stereocenters. The molecule has 0 radical (unpaired) electrons. The third kappa shape index (κ3) is 3.64. The van der Waals surface area contributed by atoms with Crippen LogP contribution >= 0.6 is 0 Å². The van der Waals surface area contributed by atoms with Gasteiger partial charge < -0.3 is 19.2 Å². The fourth-order valence-corrected chi connectivity index (χ4v) is 2.76. The number of para-hydroxylation sites is 1. The number of nitrogens with one attached hydrogen (secondary N) is 1. The van der Waals surface area contributed by atoms with Crippen LogP contribution in [0.5, 0.6) is 0 Å². The minimum absolute atomic E-state index is 0.0869. The molecule has 1 saturated heterocycles. The standard InChI is InChI=1S/C17H23NO3/c1-2-18-15(12-19-11-14-7-5-9-20-14)17-10-13-6-3-4-8-16(13)21-17/h3-4,6,8,10,14-15,18H,2,5,7,9,11-12H2,1H3. The average Bonchev–Trinajstić information content (AvgIpc) is 3.15. The van der Waals surface area contributed by atoms with Crippen LogP contribution in [0.25, 0.3) is 11.0 Å². The van der Waals surface area contributed by atoms with Crippen molar-refractivity contribution >= 4 is 11.0 Å². The van der Waals surface area contributed by atoms with Gasteiger partial charge in [-0.05, 0) is 31.5 Å². The average molecular weight is 289 g/mol. The molecule has 1 aromatic carbocycles. The highest BCUT2D eigenvalue weighted by Crippen LogP contribution is 2.24. The Morgan fingerprint density at radius 3 is 3.05 bits per heavy atom. The lowest BCUT2D eigenvalue weighted by atomic mass is 10.2. The lowest BCUT2D eigenvalue weighted by Gasteiger charge is -2.17. The first-order chi connectivity index (χ1) is 10.4. The Kier molecular flexibility index (Phi) is 4.91. The van der Waals surface area contributed by atoms with E-state index in [1.54, 1.807) is 0 Å². The van der Waals surface area contributed by atoms with Crippen LogP contribution in [0.1, 0.15) is 31.6 Å². The maximum absolute atomic E-state index is 5.93. The molecule has 1 aliphatic rings. The summed E-state index contributed by atoms with van der Waals surface area (Å²) in [7, 11) is 0. The van der Waals surface area contributed by atoms with Crippen molar-refractivity contribution in [2.45, 2.75) is 31.9 Å². The largest absolute Gasteiger partial charge is 0.459 e. The molecule has 3 rings (SSSR count). The number of furan rings is 1. The molecule has 1 N–H and O–H groups in total. The first-order valence-electron chi connectivity index (χ1n) is 7.78. The summed E-state index contributed by atoms with van der Waals surface area (Å²) < 4.78 is 17.3. The fraction of sp³-hybridized carbons (Fsp3) is 0.529. The summed E-state index contributed by atoms with van der Waals surface area (Å²) in [6.45, 7) is 5.12. The summed E-state index contributed by atoms with van der Waals surface area (Å²) in [5.41, 5.74) is 0.925. The summed E-state index contributed by atoms with van der Waals surface area (Å²) >= 11 is 0. The molecule has 1 aliphatic heterocycles. The topological polar surface area (TPSA) is 43.6 Å². The van der Waals surface area contributed by atoms with Crippen molar-refractivity contribution in [3.63, 3.8) is 0 Å². The van der Waals surface area contributed by atoms with Gasteiger partial charge in [0.15, 0.2) is 0 Å². The van der Waals surface area contributed by atoms with Crippen molar-refractivity contribution in [2.75, 3.05) is 26.4 Å². The van der Waals surface area contributed by atoms with E-state index in [1.807, 2.05) is 18.2 Å². The van der Waals surface area contributed by atoms with E-state index in [1.165, 1.54) is 0 Å². The zero-order valence-corrected chi connectivity index (χ0v) is 12.5. The molecular formula is C17H23NO3. The van der Waals surface area contributed by atoms with Crippen LogP contribution in [0.2, 0.25) is 0 Å². The van der Waals surface area contributed by atoms with Crippen LogP contribution in [0.15, 0.2) is 34.7 Å². The molecule has 2 aromatic rings. The Morgan fingerprint density at radius 2 is 2.29 bits per heavy atom. The molecule has 0 aliphatic carbocycles. The number of hydrogen-bond acceptors (Lipinski definition) is 4. The van der Waals surface area contributed by atoms with Gasteiger partial charge >= 0.3 is 0 Å². The molecule has 2 unspecified atom stereocenters. The first-order valence-corrected chi connectivity index (χ1v) is 7.78. The number of fused-ring (bicyclic) bond motifs is 1. The summed E-state index contributed by atoms with van der Waals surface area (Å²) in [6, 6.07) is 10.3. The first kappa shape index (κ1) is 14.6. The van der Waals surface area contributed by atoms with E-state index in [4.69, 9.17) is 13.9 Å². The SMILES string of the molecule is CCNC(COCC1CCCO1)c1cc2ccccc2o1. The quantitative estimate of drug-likeness (QED) is 0.849. The van der Waals surface area contributed by atoms with Crippen molar-refractivity contribution in [2.24, 2.45) is 0 Å². The van der Waals surface area contributed by atoms with Crippen LogP contribution < -0.4 is 5.32 Å². The summed E-state index contributed by atoms with van der Waals surface area (Å²) in [5.74, 6) is 0.936. The van der Waals surface area contributed by atoms with Gasteiger partial charge in [0.25, 0.3) is 0 Å². The van der Waals surface area contributed by atoms with E-state index in [0.29, 0.717) is 13.2 Å². The predicted octanol–water partition coefficient (Wildman–Crippen LogP) is 3.28. The minimum Gasteiger partial charge on any atom is -0.459 e. The molecule has 4 heteroatoms. The normalized spacial score (nSPS) is 20.1. The van der Waals surface area contributed by atoms with E-state index in [2.05, 4.69) is 24.4 Å². The highest BCUT2D eigenvalue weighted by Gasteiger charge is 2.19. The van der Waals surface area contributed by atoms with E-state index >= 15 is 0 Å². The van der Waals surface area contributed by atoms with Gasteiger partial charge in [0.2, 0.25) is 0 Å². The molecule has 2 heterocycles. The van der Waals surface area contributed by atoms with E-state index in [9.17, 15) is 0 Å². The zero-order chi connectivity index (χ0) is 14.5. The van der Waals surface area contributed by atoms with Crippen molar-refractivity contribution in [3.8, 4) is 0 Å². The van der Waals surface area contributed by atoms with Gasteiger partial charge in [-0.15, -0.1) is 0 Å². The molecule has 1 fully saturated rings. The second-order valence-corrected chi connectivity index (χ2v) is 5.47. The molecule has 114 valence electrons. The monoisotopic (exact) mass is 289 g/mol. The number of ether oxygens (including phenoxy) is 2. The predicted molar refractivity (Wildman–Crippen MR) is 82.4 cm³/mol. The zero-order valence-electron chi connectivity index (χ0n) is 12.5. The second kappa shape index (κ2) is 7.07. The highest BCUT2D eigenvalue weighted by atomic mass is 16.5. The van der Waals surface area contributed by atoms with Gasteiger partial charge in [0.1, 0.15) is 11.3 Å². The molecule has 21 heavy (non-hydrogen) atoms. The smallest absolute Gasteiger partial charge is 0.134 e. The summed E-state index contributed by atoms with van der Waals surface area (Å²) in [6.07, 6.45) is 2.52. The lowest BCUT2D eigenvalue weighted by Crippen LogP contribution is -2.26. The highest BCUT2D eigenvalue weighted by molar-refractivity contribution is 5.77. The molecule has 0 spiro atoms. The van der Waals surface area contributed by atoms with Crippen LogP contribution in [-0.4, -0.2) is 32.5 Å². The molecule has 4 nitrogen and oxygen atoms in total. The molecule has 0 amide bonds. The Bertz CT molecular complexity index is 527. The van der Waals surface area contributed by atoms with Crippen molar-refractivity contribution in [1.29, 1.82) is 0 Å². The van der Waals surface area contributed by atoms with Crippen LogP contribution in [0.4, 0.5) is 0 Å². The maximum atomic E-state index is 5.93. The van der Waals surface area contributed by atoms with Gasteiger partial charge in [-0.1, -0.05) is 25.1 Å². The molecular weight excluding hydrogens is 266 g/mol. The summed E-state index contributed by atoms with van der Waals surface area (Å²) in [5, 5.41) is 4.56. The van der Waals surface area contributed by atoms with Crippen LogP contribution in [-0.2, 0) is 9.47 Å². The summed E-state index contributed by atoms with van der Waals surface area (Å²) in [4.78, 5) is 0. The Balaban J connectivity index is 1.62. The fourth-order valence-electron chi connectivity index (χ4n) is 2.76. The Hall–Kier alpha value is -1.36. The maximum Gasteiger partial charge on any atom is 0.134 e.